The van der Waals surface area contributed by atoms with Crippen LogP contribution in [0.2, 0.25) is 0 Å². The van der Waals surface area contributed by atoms with Crippen LogP contribution in [0.1, 0.15) is 50.8 Å². The lowest BCUT2D eigenvalue weighted by Gasteiger charge is -2.28. The Bertz CT molecular complexity index is 706. The molecule has 1 atom stereocenters. The SMILES string of the molecule is CC[C@H](C)N(Cc1ccc(C#CC(C)(C)O)cc1)Cc1cccnc1. The fraction of sp³-hybridized carbons (Fsp3) is 0.409. The molecule has 1 aromatic carbocycles. The molecule has 1 aromatic heterocycles. The molecule has 0 aliphatic heterocycles. The summed E-state index contributed by atoms with van der Waals surface area (Å²) in [7, 11) is 0. The third-order valence-corrected chi connectivity index (χ3v) is 4.17. The van der Waals surface area contributed by atoms with E-state index >= 15 is 0 Å². The van der Waals surface area contributed by atoms with E-state index in [1.807, 2.05) is 30.6 Å². The normalized spacial score (nSPS) is 12.6. The van der Waals surface area contributed by atoms with Gasteiger partial charge < -0.3 is 5.11 Å². The minimum Gasteiger partial charge on any atom is -0.378 e. The van der Waals surface area contributed by atoms with E-state index in [1.54, 1.807) is 13.8 Å². The first-order valence-electron chi connectivity index (χ1n) is 8.85. The van der Waals surface area contributed by atoms with Gasteiger partial charge in [-0.25, -0.2) is 0 Å². The number of hydrogen-bond donors (Lipinski definition) is 1. The van der Waals surface area contributed by atoms with E-state index < -0.39 is 5.60 Å². The first-order chi connectivity index (χ1) is 11.9. The molecule has 0 aliphatic rings. The minimum atomic E-state index is -0.963. The highest BCUT2D eigenvalue weighted by atomic mass is 16.3. The van der Waals surface area contributed by atoms with Crippen molar-refractivity contribution >= 4 is 0 Å². The zero-order valence-electron chi connectivity index (χ0n) is 15.7. The number of rotatable bonds is 6. The van der Waals surface area contributed by atoms with Crippen molar-refractivity contribution in [2.24, 2.45) is 0 Å². The Labute approximate surface area is 151 Å². The predicted octanol–water partition coefficient (Wildman–Crippen LogP) is 4.00. The molecule has 0 radical (unpaired) electrons. The molecule has 3 heteroatoms. The Kier molecular flexibility index (Phi) is 6.75. The quantitative estimate of drug-likeness (QED) is 0.810. The van der Waals surface area contributed by atoms with Crippen LogP contribution in [0.3, 0.4) is 0 Å². The van der Waals surface area contributed by atoms with Crippen molar-refractivity contribution in [1.82, 2.24) is 9.88 Å². The van der Waals surface area contributed by atoms with E-state index in [2.05, 4.69) is 53.8 Å². The summed E-state index contributed by atoms with van der Waals surface area (Å²) in [5.41, 5.74) is 2.46. The van der Waals surface area contributed by atoms with Gasteiger partial charge in [0.05, 0.1) is 0 Å². The van der Waals surface area contributed by atoms with Gasteiger partial charge in [0, 0.05) is 37.1 Å². The molecule has 1 heterocycles. The molecule has 1 N–H and O–H groups in total. The summed E-state index contributed by atoms with van der Waals surface area (Å²) in [6.45, 7) is 9.65. The van der Waals surface area contributed by atoms with Crippen molar-refractivity contribution in [2.75, 3.05) is 0 Å². The second-order valence-corrected chi connectivity index (χ2v) is 7.03. The molecule has 0 amide bonds. The molecule has 0 unspecified atom stereocenters. The van der Waals surface area contributed by atoms with Crippen LogP contribution in [0.25, 0.3) is 0 Å². The van der Waals surface area contributed by atoms with Gasteiger partial charge in [-0.3, -0.25) is 9.88 Å². The molecule has 2 rings (SSSR count). The van der Waals surface area contributed by atoms with E-state index in [9.17, 15) is 5.11 Å². The van der Waals surface area contributed by atoms with Crippen LogP contribution < -0.4 is 0 Å². The molecule has 0 bridgehead atoms. The number of benzene rings is 1. The lowest BCUT2D eigenvalue weighted by atomic mass is 10.1. The molecule has 2 aromatic rings. The summed E-state index contributed by atoms with van der Waals surface area (Å²) in [6.07, 6.45) is 4.85. The summed E-state index contributed by atoms with van der Waals surface area (Å²) in [5, 5.41) is 9.70. The van der Waals surface area contributed by atoms with Crippen LogP contribution in [0.15, 0.2) is 48.8 Å². The van der Waals surface area contributed by atoms with Crippen LogP contribution in [0.5, 0.6) is 0 Å². The van der Waals surface area contributed by atoms with Crippen molar-refractivity contribution in [2.45, 2.75) is 58.8 Å². The Balaban J connectivity index is 2.09. The fourth-order valence-corrected chi connectivity index (χ4v) is 2.51. The van der Waals surface area contributed by atoms with Crippen molar-refractivity contribution in [3.05, 3.63) is 65.5 Å². The van der Waals surface area contributed by atoms with E-state index in [0.717, 1.165) is 25.1 Å². The minimum absolute atomic E-state index is 0.495. The molecular formula is C22H28N2O. The van der Waals surface area contributed by atoms with E-state index in [4.69, 9.17) is 0 Å². The molecule has 0 saturated carbocycles. The number of aliphatic hydroxyl groups is 1. The Morgan fingerprint density at radius 3 is 2.36 bits per heavy atom. The van der Waals surface area contributed by atoms with Crippen LogP contribution in [0.4, 0.5) is 0 Å². The first-order valence-corrected chi connectivity index (χ1v) is 8.85. The maximum atomic E-state index is 9.70. The van der Waals surface area contributed by atoms with Gasteiger partial charge in [0.2, 0.25) is 0 Å². The zero-order chi connectivity index (χ0) is 18.3. The monoisotopic (exact) mass is 336 g/mol. The van der Waals surface area contributed by atoms with Crippen LogP contribution in [0, 0.1) is 11.8 Å². The average molecular weight is 336 g/mol. The summed E-state index contributed by atoms with van der Waals surface area (Å²) < 4.78 is 0. The largest absolute Gasteiger partial charge is 0.378 e. The van der Waals surface area contributed by atoms with E-state index in [0.29, 0.717) is 6.04 Å². The third kappa shape index (κ3) is 6.70. The molecular weight excluding hydrogens is 308 g/mol. The predicted molar refractivity (Wildman–Crippen MR) is 103 cm³/mol. The average Bonchev–Trinajstić information content (AvgIpc) is 2.60. The van der Waals surface area contributed by atoms with Crippen LogP contribution in [-0.2, 0) is 13.1 Å². The number of hydrogen-bond acceptors (Lipinski definition) is 3. The number of aromatic nitrogens is 1. The van der Waals surface area contributed by atoms with Crippen molar-refractivity contribution in [3.63, 3.8) is 0 Å². The highest BCUT2D eigenvalue weighted by Gasteiger charge is 2.13. The van der Waals surface area contributed by atoms with Gasteiger partial charge in [-0.15, -0.1) is 0 Å². The van der Waals surface area contributed by atoms with Crippen molar-refractivity contribution in [3.8, 4) is 11.8 Å². The topological polar surface area (TPSA) is 36.4 Å². The Morgan fingerprint density at radius 1 is 1.12 bits per heavy atom. The van der Waals surface area contributed by atoms with Crippen LogP contribution in [-0.4, -0.2) is 26.6 Å². The number of pyridine rings is 1. The standard InChI is InChI=1S/C22H28N2O/c1-5-18(2)24(17-21-7-6-14-23-15-21)16-20-10-8-19(9-11-20)12-13-22(3,4)25/h6-11,14-15,18,25H,5,16-17H2,1-4H3/t18-/m0/s1. The molecule has 3 nitrogen and oxygen atoms in total. The second kappa shape index (κ2) is 8.80. The zero-order valence-corrected chi connectivity index (χ0v) is 15.7. The van der Waals surface area contributed by atoms with Gasteiger partial charge in [0.25, 0.3) is 0 Å². The van der Waals surface area contributed by atoms with Crippen molar-refractivity contribution < 1.29 is 5.11 Å². The summed E-state index contributed by atoms with van der Waals surface area (Å²) in [5.74, 6) is 5.86. The fourth-order valence-electron chi connectivity index (χ4n) is 2.51. The molecule has 25 heavy (non-hydrogen) atoms. The maximum Gasteiger partial charge on any atom is 0.120 e. The first kappa shape index (κ1) is 19.2. The lowest BCUT2D eigenvalue weighted by molar-refractivity contribution is 0.143. The molecule has 0 aliphatic carbocycles. The molecule has 0 saturated heterocycles. The molecule has 0 fully saturated rings. The van der Waals surface area contributed by atoms with Crippen molar-refractivity contribution in [1.29, 1.82) is 0 Å². The molecule has 132 valence electrons. The van der Waals surface area contributed by atoms with Gasteiger partial charge in [0.1, 0.15) is 5.60 Å². The smallest absolute Gasteiger partial charge is 0.120 e. The second-order valence-electron chi connectivity index (χ2n) is 7.03. The lowest BCUT2D eigenvalue weighted by Crippen LogP contribution is -2.31. The van der Waals surface area contributed by atoms with Gasteiger partial charge in [0.15, 0.2) is 0 Å². The van der Waals surface area contributed by atoms with Gasteiger partial charge >= 0.3 is 0 Å². The van der Waals surface area contributed by atoms with Gasteiger partial charge in [-0.05, 0) is 56.5 Å². The summed E-state index contributed by atoms with van der Waals surface area (Å²) >= 11 is 0. The summed E-state index contributed by atoms with van der Waals surface area (Å²) in [4.78, 5) is 6.69. The molecule has 0 spiro atoms. The third-order valence-electron chi connectivity index (χ3n) is 4.17. The number of nitrogens with zero attached hydrogens (tertiary/aromatic N) is 2. The highest BCUT2D eigenvalue weighted by Crippen LogP contribution is 2.15. The highest BCUT2D eigenvalue weighted by molar-refractivity contribution is 5.37. The maximum absolute atomic E-state index is 9.70. The Morgan fingerprint density at radius 2 is 1.80 bits per heavy atom. The van der Waals surface area contributed by atoms with Gasteiger partial charge in [-0.1, -0.05) is 37.0 Å². The van der Waals surface area contributed by atoms with Crippen LogP contribution >= 0.6 is 0 Å². The summed E-state index contributed by atoms with van der Waals surface area (Å²) in [6, 6.07) is 12.9. The van der Waals surface area contributed by atoms with Gasteiger partial charge in [-0.2, -0.15) is 0 Å². The van der Waals surface area contributed by atoms with E-state index in [-0.39, 0.29) is 0 Å². The Hall–Kier alpha value is -2.15. The van der Waals surface area contributed by atoms with E-state index in [1.165, 1.54) is 11.1 Å².